The summed E-state index contributed by atoms with van der Waals surface area (Å²) in [5, 5.41) is 0. The minimum atomic E-state index is 0.537. The normalized spacial score (nSPS) is 10.5. The van der Waals surface area contributed by atoms with Crippen LogP contribution in [0.2, 0.25) is 0 Å². The lowest BCUT2D eigenvalue weighted by Crippen LogP contribution is -2.19. The van der Waals surface area contributed by atoms with Gasteiger partial charge >= 0.3 is 0 Å². The minimum absolute atomic E-state index is 0.537. The van der Waals surface area contributed by atoms with Gasteiger partial charge in [-0.05, 0) is 24.6 Å². The number of nitrogens with two attached hydrogens (primary N) is 1. The predicted octanol–water partition coefficient (Wildman–Crippen LogP) is 3.85. The van der Waals surface area contributed by atoms with Crippen LogP contribution in [0.15, 0.2) is 46.9 Å². The highest BCUT2D eigenvalue weighted by Gasteiger charge is 2.09. The van der Waals surface area contributed by atoms with Gasteiger partial charge in [0.1, 0.15) is 0 Å². The second-order valence-electron chi connectivity index (χ2n) is 4.79. The van der Waals surface area contributed by atoms with Gasteiger partial charge in [0.05, 0.1) is 0 Å². The van der Waals surface area contributed by atoms with Gasteiger partial charge in [0, 0.05) is 35.9 Å². The van der Waals surface area contributed by atoms with Crippen molar-refractivity contribution in [2.45, 2.75) is 20.0 Å². The standard InChI is InChI=1S/C16H19BrN2/c1-12-5-3-6-13(9-12)11-19(2)16-8-4-7-15(17)14(16)10-18/h3-9H,10-11,18H2,1-2H3. The van der Waals surface area contributed by atoms with E-state index in [1.54, 1.807) is 0 Å². The Labute approximate surface area is 123 Å². The van der Waals surface area contributed by atoms with Gasteiger partial charge in [-0.3, -0.25) is 0 Å². The number of hydrogen-bond donors (Lipinski definition) is 1. The monoisotopic (exact) mass is 318 g/mol. The van der Waals surface area contributed by atoms with Crippen molar-refractivity contribution in [3.63, 3.8) is 0 Å². The van der Waals surface area contributed by atoms with Crippen molar-refractivity contribution in [3.8, 4) is 0 Å². The lowest BCUT2D eigenvalue weighted by molar-refractivity contribution is 0.900. The lowest BCUT2D eigenvalue weighted by Gasteiger charge is -2.23. The summed E-state index contributed by atoms with van der Waals surface area (Å²) in [4.78, 5) is 2.24. The first-order chi connectivity index (χ1) is 9.11. The van der Waals surface area contributed by atoms with Crippen molar-refractivity contribution < 1.29 is 0 Å². The fourth-order valence-electron chi connectivity index (χ4n) is 2.28. The van der Waals surface area contributed by atoms with Gasteiger partial charge in [-0.25, -0.2) is 0 Å². The summed E-state index contributed by atoms with van der Waals surface area (Å²) in [5.74, 6) is 0. The summed E-state index contributed by atoms with van der Waals surface area (Å²) >= 11 is 3.57. The van der Waals surface area contributed by atoms with Crippen LogP contribution in [0.5, 0.6) is 0 Å². The molecule has 2 nitrogen and oxygen atoms in total. The molecule has 0 amide bonds. The number of aryl methyl sites for hydroxylation is 1. The van der Waals surface area contributed by atoms with Gasteiger partial charge in [-0.1, -0.05) is 51.8 Å². The van der Waals surface area contributed by atoms with E-state index in [-0.39, 0.29) is 0 Å². The van der Waals surface area contributed by atoms with Gasteiger partial charge in [-0.15, -0.1) is 0 Å². The number of nitrogens with zero attached hydrogens (tertiary/aromatic N) is 1. The number of anilines is 1. The van der Waals surface area contributed by atoms with Crippen molar-refractivity contribution in [2.75, 3.05) is 11.9 Å². The van der Waals surface area contributed by atoms with E-state index >= 15 is 0 Å². The molecule has 2 N–H and O–H groups in total. The first-order valence-electron chi connectivity index (χ1n) is 6.36. The van der Waals surface area contributed by atoms with E-state index in [9.17, 15) is 0 Å². The molecule has 2 rings (SSSR count). The first kappa shape index (κ1) is 14.1. The van der Waals surface area contributed by atoms with E-state index in [1.807, 2.05) is 12.1 Å². The molecule has 0 aromatic heterocycles. The fraction of sp³-hybridized carbons (Fsp3) is 0.250. The predicted molar refractivity (Wildman–Crippen MR) is 85.3 cm³/mol. The molecule has 100 valence electrons. The molecule has 0 saturated carbocycles. The van der Waals surface area contributed by atoms with Crippen molar-refractivity contribution in [3.05, 3.63) is 63.6 Å². The third-order valence-electron chi connectivity index (χ3n) is 3.21. The minimum Gasteiger partial charge on any atom is -0.370 e. The Balaban J connectivity index is 2.25. The molecular formula is C16H19BrN2. The summed E-state index contributed by atoms with van der Waals surface area (Å²) in [7, 11) is 2.10. The van der Waals surface area contributed by atoms with Crippen LogP contribution >= 0.6 is 15.9 Å². The molecule has 0 bridgehead atoms. The molecule has 0 aliphatic carbocycles. The van der Waals surface area contributed by atoms with E-state index in [1.165, 1.54) is 16.8 Å². The average Bonchev–Trinajstić information content (AvgIpc) is 2.38. The quantitative estimate of drug-likeness (QED) is 0.927. The van der Waals surface area contributed by atoms with Crippen LogP contribution in [0.4, 0.5) is 5.69 Å². The zero-order chi connectivity index (χ0) is 13.8. The maximum absolute atomic E-state index is 5.85. The highest BCUT2D eigenvalue weighted by molar-refractivity contribution is 9.10. The van der Waals surface area contributed by atoms with Crippen molar-refractivity contribution in [2.24, 2.45) is 5.73 Å². The number of benzene rings is 2. The summed E-state index contributed by atoms with van der Waals surface area (Å²) in [6.07, 6.45) is 0. The van der Waals surface area contributed by atoms with E-state index in [2.05, 4.69) is 65.1 Å². The smallest absolute Gasteiger partial charge is 0.0426 e. The molecule has 0 spiro atoms. The van der Waals surface area contributed by atoms with Gasteiger partial charge in [-0.2, -0.15) is 0 Å². The van der Waals surface area contributed by atoms with Crippen molar-refractivity contribution >= 4 is 21.6 Å². The fourth-order valence-corrected chi connectivity index (χ4v) is 2.79. The summed E-state index contributed by atoms with van der Waals surface area (Å²) in [6.45, 7) is 3.54. The lowest BCUT2D eigenvalue weighted by atomic mass is 10.1. The zero-order valence-corrected chi connectivity index (χ0v) is 12.9. The van der Waals surface area contributed by atoms with E-state index in [0.717, 1.165) is 16.6 Å². The third kappa shape index (κ3) is 3.37. The molecule has 0 aliphatic heterocycles. The van der Waals surface area contributed by atoms with Crippen LogP contribution in [0.25, 0.3) is 0 Å². The van der Waals surface area contributed by atoms with Crippen molar-refractivity contribution in [1.82, 2.24) is 0 Å². The van der Waals surface area contributed by atoms with Gasteiger partial charge in [0.25, 0.3) is 0 Å². The Morgan fingerprint density at radius 1 is 1.16 bits per heavy atom. The zero-order valence-electron chi connectivity index (χ0n) is 11.4. The maximum Gasteiger partial charge on any atom is 0.0426 e. The SMILES string of the molecule is Cc1cccc(CN(C)c2cccc(Br)c2CN)c1. The second-order valence-corrected chi connectivity index (χ2v) is 5.64. The van der Waals surface area contributed by atoms with Gasteiger partial charge in [0.2, 0.25) is 0 Å². The molecule has 0 unspecified atom stereocenters. The molecule has 0 radical (unpaired) electrons. The molecule has 3 heteroatoms. The number of halogens is 1. The number of hydrogen-bond acceptors (Lipinski definition) is 2. The van der Waals surface area contributed by atoms with E-state index < -0.39 is 0 Å². The average molecular weight is 319 g/mol. The Kier molecular flexibility index (Phi) is 4.61. The van der Waals surface area contributed by atoms with Crippen LogP contribution < -0.4 is 10.6 Å². The van der Waals surface area contributed by atoms with Crippen LogP contribution in [0.1, 0.15) is 16.7 Å². The summed E-state index contributed by atoms with van der Waals surface area (Å²) in [6, 6.07) is 14.8. The molecule has 2 aromatic rings. The Morgan fingerprint density at radius 2 is 1.89 bits per heavy atom. The van der Waals surface area contributed by atoms with Gasteiger partial charge < -0.3 is 10.6 Å². The highest BCUT2D eigenvalue weighted by atomic mass is 79.9. The van der Waals surface area contributed by atoms with E-state index in [4.69, 9.17) is 5.73 Å². The molecule has 19 heavy (non-hydrogen) atoms. The molecular weight excluding hydrogens is 300 g/mol. The van der Waals surface area contributed by atoms with Gasteiger partial charge in [0.15, 0.2) is 0 Å². The molecule has 0 atom stereocenters. The molecule has 0 saturated heterocycles. The van der Waals surface area contributed by atoms with Crippen LogP contribution in [0.3, 0.4) is 0 Å². The van der Waals surface area contributed by atoms with Crippen LogP contribution in [-0.2, 0) is 13.1 Å². The second kappa shape index (κ2) is 6.22. The van der Waals surface area contributed by atoms with E-state index in [0.29, 0.717) is 6.54 Å². The number of rotatable bonds is 4. The van der Waals surface area contributed by atoms with Crippen LogP contribution in [0, 0.1) is 6.92 Å². The largest absolute Gasteiger partial charge is 0.370 e. The van der Waals surface area contributed by atoms with Crippen molar-refractivity contribution in [1.29, 1.82) is 0 Å². The molecule has 0 heterocycles. The summed E-state index contributed by atoms with van der Waals surface area (Å²) < 4.78 is 1.07. The van der Waals surface area contributed by atoms with Crippen LogP contribution in [-0.4, -0.2) is 7.05 Å². The third-order valence-corrected chi connectivity index (χ3v) is 3.95. The Bertz CT molecular complexity index is 566. The Morgan fingerprint density at radius 3 is 2.58 bits per heavy atom. The highest BCUT2D eigenvalue weighted by Crippen LogP contribution is 2.27. The molecule has 0 aliphatic rings. The Hall–Kier alpha value is -1.32. The topological polar surface area (TPSA) is 29.3 Å². The maximum atomic E-state index is 5.85. The summed E-state index contributed by atoms with van der Waals surface area (Å²) in [5.41, 5.74) is 10.8. The molecule has 0 fully saturated rings. The first-order valence-corrected chi connectivity index (χ1v) is 7.15. The molecule has 2 aromatic carbocycles.